The number of aromatic nitrogens is 1. The maximum Gasteiger partial charge on any atom is 0.0718 e. The third-order valence-corrected chi connectivity index (χ3v) is 2.85. The molecule has 14 heavy (non-hydrogen) atoms. The number of likely N-dealkylation sites (N-methyl/N-ethyl adjacent to an activating group) is 1. The summed E-state index contributed by atoms with van der Waals surface area (Å²) in [5.74, 6) is 0. The zero-order valence-corrected chi connectivity index (χ0v) is 8.96. The molecule has 1 aliphatic heterocycles. The summed E-state index contributed by atoms with van der Waals surface area (Å²) in [7, 11) is 2.13. The van der Waals surface area contributed by atoms with Gasteiger partial charge in [0.25, 0.3) is 0 Å². The predicted octanol–water partition coefficient (Wildman–Crippen LogP) is 1.85. The molecule has 1 aromatic rings. The monoisotopic (exact) mass is 211 g/mol. The van der Waals surface area contributed by atoms with Gasteiger partial charge in [-0.15, -0.1) is 0 Å². The van der Waals surface area contributed by atoms with Gasteiger partial charge in [-0.3, -0.25) is 4.98 Å². The third-order valence-electron chi connectivity index (χ3n) is 2.52. The van der Waals surface area contributed by atoms with E-state index in [2.05, 4.69) is 22.2 Å². The molecule has 0 spiro atoms. The first-order valence-electron chi connectivity index (χ1n) is 4.80. The average molecular weight is 212 g/mol. The summed E-state index contributed by atoms with van der Waals surface area (Å²) in [5.41, 5.74) is 0.939. The van der Waals surface area contributed by atoms with Gasteiger partial charge in [0.1, 0.15) is 0 Å². The fourth-order valence-electron chi connectivity index (χ4n) is 1.76. The lowest BCUT2D eigenvalue weighted by molar-refractivity contribution is 0.414. The maximum atomic E-state index is 6.02. The van der Waals surface area contributed by atoms with E-state index in [1.165, 1.54) is 6.42 Å². The Labute approximate surface area is 89.1 Å². The number of anilines is 1. The minimum Gasteiger partial charge on any atom is -0.379 e. The lowest BCUT2D eigenvalue weighted by Gasteiger charge is -2.14. The molecule has 0 saturated carbocycles. The van der Waals surface area contributed by atoms with Gasteiger partial charge in [-0.1, -0.05) is 11.6 Å². The smallest absolute Gasteiger partial charge is 0.0718 e. The molecular weight excluding hydrogens is 198 g/mol. The molecule has 4 heteroatoms. The number of hydrogen-bond donors (Lipinski definition) is 1. The summed E-state index contributed by atoms with van der Waals surface area (Å²) in [6, 6.07) is 2.31. The van der Waals surface area contributed by atoms with Crippen LogP contribution in [0.1, 0.15) is 6.42 Å². The molecule has 0 aliphatic carbocycles. The molecular formula is C10H14ClN3. The molecule has 0 aromatic carbocycles. The topological polar surface area (TPSA) is 28.2 Å². The number of hydrogen-bond acceptors (Lipinski definition) is 3. The molecule has 76 valence electrons. The highest BCUT2D eigenvalue weighted by Crippen LogP contribution is 2.22. The first-order chi connectivity index (χ1) is 6.75. The summed E-state index contributed by atoms with van der Waals surface area (Å²) < 4.78 is 0. The van der Waals surface area contributed by atoms with E-state index in [-0.39, 0.29) is 0 Å². The lowest BCUT2D eigenvalue weighted by Crippen LogP contribution is -2.23. The zero-order chi connectivity index (χ0) is 9.97. The van der Waals surface area contributed by atoms with Gasteiger partial charge in [0.15, 0.2) is 0 Å². The second kappa shape index (κ2) is 4.15. The predicted molar refractivity (Wildman–Crippen MR) is 58.8 cm³/mol. The van der Waals surface area contributed by atoms with Crippen LogP contribution in [0, 0.1) is 0 Å². The minimum absolute atomic E-state index is 0.502. The summed E-state index contributed by atoms with van der Waals surface area (Å²) in [6.45, 7) is 2.22. The van der Waals surface area contributed by atoms with Gasteiger partial charge >= 0.3 is 0 Å². The molecule has 1 fully saturated rings. The second-order valence-corrected chi connectivity index (χ2v) is 4.15. The van der Waals surface area contributed by atoms with Gasteiger partial charge in [0.05, 0.1) is 16.9 Å². The first kappa shape index (κ1) is 9.74. The Hall–Kier alpha value is -0.800. The van der Waals surface area contributed by atoms with Crippen molar-refractivity contribution in [2.24, 2.45) is 0 Å². The van der Waals surface area contributed by atoms with Gasteiger partial charge in [-0.2, -0.15) is 0 Å². The van der Waals surface area contributed by atoms with Crippen LogP contribution in [0.25, 0.3) is 0 Å². The van der Waals surface area contributed by atoms with E-state index in [0.29, 0.717) is 6.04 Å². The fourth-order valence-corrected chi connectivity index (χ4v) is 1.92. The van der Waals surface area contributed by atoms with E-state index in [4.69, 9.17) is 11.6 Å². The van der Waals surface area contributed by atoms with Crippen molar-refractivity contribution in [2.75, 3.05) is 25.5 Å². The van der Waals surface area contributed by atoms with Gasteiger partial charge in [0, 0.05) is 18.8 Å². The van der Waals surface area contributed by atoms with E-state index in [9.17, 15) is 0 Å². The molecule has 2 heterocycles. The van der Waals surface area contributed by atoms with Crippen molar-refractivity contribution in [3.63, 3.8) is 0 Å². The molecule has 0 radical (unpaired) electrons. The molecule has 0 amide bonds. The Bertz CT molecular complexity index is 316. The second-order valence-electron chi connectivity index (χ2n) is 3.75. The Morgan fingerprint density at radius 2 is 2.50 bits per heavy atom. The van der Waals surface area contributed by atoms with Crippen LogP contribution in [0.4, 0.5) is 5.69 Å². The van der Waals surface area contributed by atoms with E-state index >= 15 is 0 Å². The zero-order valence-electron chi connectivity index (χ0n) is 8.20. The van der Waals surface area contributed by atoms with E-state index in [1.807, 2.05) is 6.07 Å². The van der Waals surface area contributed by atoms with E-state index < -0.39 is 0 Å². The van der Waals surface area contributed by atoms with E-state index in [0.717, 1.165) is 23.8 Å². The number of likely N-dealkylation sites (tertiary alicyclic amines) is 1. The van der Waals surface area contributed by atoms with Crippen molar-refractivity contribution in [3.8, 4) is 0 Å². The van der Waals surface area contributed by atoms with Crippen LogP contribution in [0.15, 0.2) is 18.5 Å². The van der Waals surface area contributed by atoms with Gasteiger partial charge < -0.3 is 10.2 Å². The number of rotatable bonds is 2. The van der Waals surface area contributed by atoms with Gasteiger partial charge in [-0.25, -0.2) is 0 Å². The third kappa shape index (κ3) is 2.16. The van der Waals surface area contributed by atoms with Crippen molar-refractivity contribution < 1.29 is 0 Å². The van der Waals surface area contributed by atoms with Gasteiger partial charge in [-0.05, 0) is 26.1 Å². The van der Waals surface area contributed by atoms with Crippen LogP contribution in [0.2, 0.25) is 5.02 Å². The molecule has 0 bridgehead atoms. The first-order valence-corrected chi connectivity index (χ1v) is 5.18. The van der Waals surface area contributed by atoms with Crippen molar-refractivity contribution in [1.82, 2.24) is 9.88 Å². The summed E-state index contributed by atoms with van der Waals surface area (Å²) >= 11 is 6.02. The lowest BCUT2D eigenvalue weighted by atomic mass is 10.2. The highest BCUT2D eigenvalue weighted by atomic mass is 35.5. The van der Waals surface area contributed by atoms with Gasteiger partial charge in [0.2, 0.25) is 0 Å². The van der Waals surface area contributed by atoms with Crippen LogP contribution < -0.4 is 5.32 Å². The van der Waals surface area contributed by atoms with Crippen LogP contribution in [-0.4, -0.2) is 36.1 Å². The number of halogens is 1. The fraction of sp³-hybridized carbons (Fsp3) is 0.500. The molecule has 1 atom stereocenters. The number of nitrogens with zero attached hydrogens (tertiary/aromatic N) is 2. The summed E-state index contributed by atoms with van der Waals surface area (Å²) in [4.78, 5) is 6.35. The van der Waals surface area contributed by atoms with Crippen molar-refractivity contribution >= 4 is 17.3 Å². The largest absolute Gasteiger partial charge is 0.379 e. The molecule has 1 unspecified atom stereocenters. The molecule has 1 saturated heterocycles. The highest BCUT2D eigenvalue weighted by Gasteiger charge is 2.19. The van der Waals surface area contributed by atoms with Crippen LogP contribution in [0.3, 0.4) is 0 Å². The Morgan fingerprint density at radius 1 is 1.64 bits per heavy atom. The molecule has 2 rings (SSSR count). The molecule has 1 aliphatic rings. The minimum atomic E-state index is 0.502. The summed E-state index contributed by atoms with van der Waals surface area (Å²) in [6.07, 6.45) is 4.65. The average Bonchev–Trinajstić information content (AvgIpc) is 2.56. The number of nitrogens with one attached hydrogen (secondary N) is 1. The highest BCUT2D eigenvalue weighted by molar-refractivity contribution is 6.33. The standard InChI is InChI=1S/C10H14ClN3/c1-14-5-3-8(7-14)13-10-6-12-4-2-9(10)11/h2,4,6,8,13H,3,5,7H2,1H3. The molecule has 3 nitrogen and oxygen atoms in total. The van der Waals surface area contributed by atoms with E-state index in [1.54, 1.807) is 12.4 Å². The van der Waals surface area contributed by atoms with Crippen LogP contribution in [-0.2, 0) is 0 Å². The van der Waals surface area contributed by atoms with Crippen molar-refractivity contribution in [3.05, 3.63) is 23.5 Å². The SMILES string of the molecule is CN1CCC(Nc2cnccc2Cl)C1. The quantitative estimate of drug-likeness (QED) is 0.810. The summed E-state index contributed by atoms with van der Waals surface area (Å²) in [5, 5.41) is 4.15. The van der Waals surface area contributed by atoms with Crippen LogP contribution >= 0.6 is 11.6 Å². The normalized spacial score (nSPS) is 22.6. The Morgan fingerprint density at radius 3 is 3.14 bits per heavy atom. The molecule has 1 N–H and O–H groups in total. The van der Waals surface area contributed by atoms with Crippen LogP contribution in [0.5, 0.6) is 0 Å². The maximum absolute atomic E-state index is 6.02. The van der Waals surface area contributed by atoms with Crippen molar-refractivity contribution in [2.45, 2.75) is 12.5 Å². The Balaban J connectivity index is 2.01. The Kier molecular flexibility index (Phi) is 2.89. The molecule has 1 aromatic heterocycles. The van der Waals surface area contributed by atoms with Crippen molar-refractivity contribution in [1.29, 1.82) is 0 Å². The number of pyridine rings is 1.